The van der Waals surface area contributed by atoms with Crippen LogP contribution in [0.25, 0.3) is 0 Å². The first-order valence-electron chi connectivity index (χ1n) is 8.71. The van der Waals surface area contributed by atoms with Crippen LogP contribution in [0.2, 0.25) is 0 Å². The van der Waals surface area contributed by atoms with Crippen LogP contribution in [-0.2, 0) is 9.59 Å². The normalized spacial score (nSPS) is 12.8. The average molecular weight is 384 g/mol. The highest BCUT2D eigenvalue weighted by Crippen LogP contribution is 2.30. The van der Waals surface area contributed by atoms with Gasteiger partial charge in [0.2, 0.25) is 5.91 Å². The fraction of sp³-hybridized carbons (Fsp3) is 0.250. The summed E-state index contributed by atoms with van der Waals surface area (Å²) in [6.45, 7) is -0.314. The Morgan fingerprint density at radius 2 is 1.86 bits per heavy atom. The molecule has 2 aromatic rings. The van der Waals surface area contributed by atoms with Gasteiger partial charge in [0.25, 0.3) is 5.91 Å². The molecule has 0 spiro atoms. The molecule has 0 heterocycles. The van der Waals surface area contributed by atoms with Crippen LogP contribution in [0.15, 0.2) is 42.5 Å². The van der Waals surface area contributed by atoms with Crippen molar-refractivity contribution in [3.63, 3.8) is 0 Å². The number of ether oxygens (including phenoxy) is 2. The van der Waals surface area contributed by atoms with Gasteiger partial charge in [-0.25, -0.2) is 4.79 Å². The number of carboxylic acid groups (broad SMARTS) is 1. The van der Waals surface area contributed by atoms with Gasteiger partial charge in [0.15, 0.2) is 6.61 Å². The highest BCUT2D eigenvalue weighted by Gasteiger charge is 2.29. The Kier molecular flexibility index (Phi) is 5.78. The number of methoxy groups -OCH3 is 1. The molecule has 0 aromatic heterocycles. The second kappa shape index (κ2) is 8.43. The minimum Gasteiger partial charge on any atom is -0.497 e. The molecule has 2 amide bonds. The first kappa shape index (κ1) is 19.2. The van der Waals surface area contributed by atoms with E-state index >= 15 is 0 Å². The Bertz CT molecular complexity index is 907. The lowest BCUT2D eigenvalue weighted by atomic mass is 10.1. The van der Waals surface area contributed by atoms with Gasteiger partial charge in [0.05, 0.1) is 18.4 Å². The molecule has 28 heavy (non-hydrogen) atoms. The Hall–Kier alpha value is -3.55. The standard InChI is InChI=1S/C20H20N2O6/c1-27-14-7-8-17(16(10-14)20(25)26)22-18(23)11-28-15-4-2-3-13(9-15)21-19(24)12-5-6-12/h2-4,7-10,12H,5-6,11H2,1H3,(H,21,24)(H,22,23)(H,25,26). The minimum atomic E-state index is -1.19. The molecule has 0 atom stereocenters. The van der Waals surface area contributed by atoms with Crippen molar-refractivity contribution in [2.45, 2.75) is 12.8 Å². The summed E-state index contributed by atoms with van der Waals surface area (Å²) in [6.07, 6.45) is 1.82. The molecule has 8 heteroatoms. The number of carbonyl (C=O) groups excluding carboxylic acids is 2. The van der Waals surface area contributed by atoms with E-state index < -0.39 is 11.9 Å². The summed E-state index contributed by atoms with van der Waals surface area (Å²) >= 11 is 0. The number of nitrogens with one attached hydrogen (secondary N) is 2. The zero-order chi connectivity index (χ0) is 20.1. The maximum absolute atomic E-state index is 12.1. The van der Waals surface area contributed by atoms with Crippen LogP contribution < -0.4 is 20.1 Å². The Morgan fingerprint density at radius 3 is 2.54 bits per heavy atom. The summed E-state index contributed by atoms with van der Waals surface area (Å²) in [7, 11) is 1.42. The summed E-state index contributed by atoms with van der Waals surface area (Å²) in [5.41, 5.74) is 0.656. The van der Waals surface area contributed by atoms with Crippen LogP contribution in [-0.4, -0.2) is 36.6 Å². The summed E-state index contributed by atoms with van der Waals surface area (Å²) in [6, 6.07) is 11.1. The number of hydrogen-bond donors (Lipinski definition) is 3. The number of carboxylic acids is 1. The minimum absolute atomic E-state index is 0.0180. The van der Waals surface area contributed by atoms with Crippen molar-refractivity contribution in [2.75, 3.05) is 24.4 Å². The fourth-order valence-electron chi connectivity index (χ4n) is 2.52. The Balaban J connectivity index is 1.58. The SMILES string of the molecule is COc1ccc(NC(=O)COc2cccc(NC(=O)C3CC3)c2)c(C(=O)O)c1. The number of rotatable bonds is 8. The first-order valence-corrected chi connectivity index (χ1v) is 8.71. The van der Waals surface area contributed by atoms with Gasteiger partial charge >= 0.3 is 5.97 Å². The van der Waals surface area contributed by atoms with Gasteiger partial charge in [0, 0.05) is 17.7 Å². The smallest absolute Gasteiger partial charge is 0.337 e. The number of carbonyl (C=O) groups is 3. The van der Waals surface area contributed by atoms with Gasteiger partial charge < -0.3 is 25.2 Å². The third-order valence-corrected chi connectivity index (χ3v) is 4.15. The zero-order valence-corrected chi connectivity index (χ0v) is 15.2. The third-order valence-electron chi connectivity index (χ3n) is 4.15. The highest BCUT2D eigenvalue weighted by atomic mass is 16.5. The molecule has 0 radical (unpaired) electrons. The largest absolute Gasteiger partial charge is 0.497 e. The van der Waals surface area contributed by atoms with E-state index in [9.17, 15) is 19.5 Å². The number of amides is 2. The molecule has 2 aromatic carbocycles. The van der Waals surface area contributed by atoms with Gasteiger partial charge in [-0.2, -0.15) is 0 Å². The maximum Gasteiger partial charge on any atom is 0.337 e. The van der Waals surface area contributed by atoms with E-state index in [-0.39, 0.29) is 29.7 Å². The van der Waals surface area contributed by atoms with Crippen molar-refractivity contribution in [3.05, 3.63) is 48.0 Å². The van der Waals surface area contributed by atoms with Crippen LogP contribution in [0, 0.1) is 5.92 Å². The number of aromatic carboxylic acids is 1. The molecule has 1 fully saturated rings. The molecule has 1 aliphatic carbocycles. The number of benzene rings is 2. The van der Waals surface area contributed by atoms with E-state index in [0.29, 0.717) is 17.2 Å². The quantitative estimate of drug-likeness (QED) is 0.645. The van der Waals surface area contributed by atoms with E-state index in [4.69, 9.17) is 9.47 Å². The Morgan fingerprint density at radius 1 is 1.07 bits per heavy atom. The lowest BCUT2D eigenvalue weighted by molar-refractivity contribution is -0.118. The summed E-state index contributed by atoms with van der Waals surface area (Å²) in [5, 5.41) is 14.6. The summed E-state index contributed by atoms with van der Waals surface area (Å²) in [4.78, 5) is 35.3. The van der Waals surface area contributed by atoms with Crippen molar-refractivity contribution in [2.24, 2.45) is 5.92 Å². The van der Waals surface area contributed by atoms with Crippen LogP contribution >= 0.6 is 0 Å². The molecule has 3 rings (SSSR count). The van der Waals surface area contributed by atoms with Crippen LogP contribution in [0.4, 0.5) is 11.4 Å². The average Bonchev–Trinajstić information content (AvgIpc) is 3.52. The molecular formula is C20H20N2O6. The van der Waals surface area contributed by atoms with E-state index in [0.717, 1.165) is 12.8 Å². The van der Waals surface area contributed by atoms with Gasteiger partial charge in [-0.15, -0.1) is 0 Å². The summed E-state index contributed by atoms with van der Waals surface area (Å²) in [5.74, 6) is -0.846. The molecule has 0 aliphatic heterocycles. The predicted molar refractivity (Wildman–Crippen MR) is 102 cm³/mol. The van der Waals surface area contributed by atoms with Crippen LogP contribution in [0.3, 0.4) is 0 Å². The van der Waals surface area contributed by atoms with E-state index in [1.165, 1.54) is 19.2 Å². The monoisotopic (exact) mass is 384 g/mol. The van der Waals surface area contributed by atoms with E-state index in [2.05, 4.69) is 10.6 Å². The second-order valence-electron chi connectivity index (χ2n) is 6.34. The molecule has 1 aliphatic rings. The molecule has 3 N–H and O–H groups in total. The Labute approximate surface area is 161 Å². The lowest BCUT2D eigenvalue weighted by Gasteiger charge is -2.11. The van der Waals surface area contributed by atoms with Crippen molar-refractivity contribution < 1.29 is 29.0 Å². The number of anilines is 2. The molecule has 0 unspecified atom stereocenters. The zero-order valence-electron chi connectivity index (χ0n) is 15.2. The lowest BCUT2D eigenvalue weighted by Crippen LogP contribution is -2.21. The molecule has 146 valence electrons. The van der Waals surface area contributed by atoms with E-state index in [1.807, 2.05) is 0 Å². The van der Waals surface area contributed by atoms with Crippen LogP contribution in [0.1, 0.15) is 23.2 Å². The first-order chi connectivity index (χ1) is 13.5. The second-order valence-corrected chi connectivity index (χ2v) is 6.34. The molecule has 0 bridgehead atoms. The number of hydrogen-bond acceptors (Lipinski definition) is 5. The van der Waals surface area contributed by atoms with Gasteiger partial charge in [0.1, 0.15) is 11.5 Å². The van der Waals surface area contributed by atoms with Crippen molar-refractivity contribution in [1.82, 2.24) is 0 Å². The van der Waals surface area contributed by atoms with Gasteiger partial charge in [-0.05, 0) is 43.2 Å². The van der Waals surface area contributed by atoms with Crippen molar-refractivity contribution in [1.29, 1.82) is 0 Å². The van der Waals surface area contributed by atoms with Crippen molar-refractivity contribution in [3.8, 4) is 11.5 Å². The van der Waals surface area contributed by atoms with Gasteiger partial charge in [-0.1, -0.05) is 6.07 Å². The molecule has 8 nitrogen and oxygen atoms in total. The maximum atomic E-state index is 12.1. The summed E-state index contributed by atoms with van der Waals surface area (Å²) < 4.78 is 10.4. The topological polar surface area (TPSA) is 114 Å². The van der Waals surface area contributed by atoms with Crippen molar-refractivity contribution >= 4 is 29.2 Å². The fourth-order valence-corrected chi connectivity index (χ4v) is 2.52. The predicted octanol–water partition coefficient (Wildman–Crippen LogP) is 2.76. The van der Waals surface area contributed by atoms with E-state index in [1.54, 1.807) is 30.3 Å². The molecular weight excluding hydrogens is 364 g/mol. The highest BCUT2D eigenvalue weighted by molar-refractivity contribution is 6.01. The third kappa shape index (κ3) is 5.00. The molecule has 0 saturated heterocycles. The van der Waals surface area contributed by atoms with Crippen LogP contribution in [0.5, 0.6) is 11.5 Å². The van der Waals surface area contributed by atoms with Gasteiger partial charge in [-0.3, -0.25) is 9.59 Å². The molecule has 1 saturated carbocycles.